The highest BCUT2D eigenvalue weighted by atomic mass is 16.7. The van der Waals surface area contributed by atoms with E-state index in [9.17, 15) is 4.79 Å². The molecule has 0 aromatic rings. The number of carbonyl (C=O) groups is 1. The highest BCUT2D eigenvalue weighted by Crippen LogP contribution is 2.12. The molecule has 0 atom stereocenters. The lowest BCUT2D eigenvalue weighted by Gasteiger charge is -2.08. The van der Waals surface area contributed by atoms with Crippen LogP contribution >= 0.6 is 0 Å². The molecule has 0 heterocycles. The first-order valence-electron chi connectivity index (χ1n) is 9.50. The van der Waals surface area contributed by atoms with Gasteiger partial charge in [0.25, 0.3) is 0 Å². The number of unbranched alkanes of at least 4 members (excludes halogenated alkanes) is 12. The van der Waals surface area contributed by atoms with Crippen molar-refractivity contribution in [1.29, 1.82) is 0 Å². The van der Waals surface area contributed by atoms with Gasteiger partial charge in [-0.1, -0.05) is 84.0 Å². The van der Waals surface area contributed by atoms with E-state index in [0.717, 1.165) is 12.8 Å². The number of hydrogen-bond donors (Lipinski definition) is 0. The maximum Gasteiger partial charge on any atom is 0.508 e. The Morgan fingerprint density at radius 3 is 1.55 bits per heavy atom. The van der Waals surface area contributed by atoms with Gasteiger partial charge in [-0.2, -0.15) is 0 Å². The van der Waals surface area contributed by atoms with Crippen LogP contribution in [0, 0.1) is 0 Å². The molecule has 0 aromatic carbocycles. The van der Waals surface area contributed by atoms with Crippen LogP contribution in [0.4, 0.5) is 4.79 Å². The Kier molecular flexibility index (Phi) is 16.1. The first-order valence-corrected chi connectivity index (χ1v) is 9.50. The highest BCUT2D eigenvalue weighted by molar-refractivity contribution is 5.59. The predicted molar refractivity (Wildman–Crippen MR) is 93.3 cm³/mol. The maximum absolute atomic E-state index is 11.1. The molecule has 3 heteroatoms. The fraction of sp³-hybridized carbons (Fsp3) is 0.947. The van der Waals surface area contributed by atoms with E-state index in [1.54, 1.807) is 0 Å². The molecule has 0 aliphatic heterocycles. The molecule has 0 rings (SSSR count). The van der Waals surface area contributed by atoms with Crippen molar-refractivity contribution in [1.82, 2.24) is 0 Å². The molecular formula is C19H38O3. The van der Waals surface area contributed by atoms with Crippen LogP contribution in [-0.4, -0.2) is 18.9 Å². The molecule has 0 aliphatic carbocycles. The second-order valence-electron chi connectivity index (χ2n) is 6.51. The van der Waals surface area contributed by atoms with Gasteiger partial charge in [0, 0.05) is 0 Å². The lowest BCUT2D eigenvalue weighted by Crippen LogP contribution is -2.13. The van der Waals surface area contributed by atoms with E-state index in [0.29, 0.717) is 6.61 Å². The van der Waals surface area contributed by atoms with Gasteiger partial charge >= 0.3 is 6.16 Å². The Bertz CT molecular complexity index is 239. The summed E-state index contributed by atoms with van der Waals surface area (Å²) in [7, 11) is 0. The molecule has 0 unspecified atom stereocenters. The minimum Gasteiger partial charge on any atom is -0.434 e. The van der Waals surface area contributed by atoms with Crippen LogP contribution < -0.4 is 0 Å². The van der Waals surface area contributed by atoms with Crippen molar-refractivity contribution < 1.29 is 14.3 Å². The summed E-state index contributed by atoms with van der Waals surface area (Å²) in [4.78, 5) is 11.1. The average molecular weight is 315 g/mol. The summed E-state index contributed by atoms with van der Waals surface area (Å²) >= 11 is 0. The van der Waals surface area contributed by atoms with Gasteiger partial charge in [-0.25, -0.2) is 4.79 Å². The van der Waals surface area contributed by atoms with Gasteiger partial charge < -0.3 is 9.47 Å². The standard InChI is InChI=1S/C19H38O3/c1-4-5-6-7-8-9-10-11-12-13-14-15-16-17-21-19(20)22-18(2)3/h18H,4-17H2,1-3H3. The van der Waals surface area contributed by atoms with Crippen LogP contribution in [0.3, 0.4) is 0 Å². The van der Waals surface area contributed by atoms with E-state index in [1.807, 2.05) is 13.8 Å². The summed E-state index contributed by atoms with van der Waals surface area (Å²) < 4.78 is 9.89. The van der Waals surface area contributed by atoms with Crippen LogP contribution in [-0.2, 0) is 9.47 Å². The Morgan fingerprint density at radius 1 is 0.727 bits per heavy atom. The van der Waals surface area contributed by atoms with E-state index >= 15 is 0 Å². The summed E-state index contributed by atoms with van der Waals surface area (Å²) in [6, 6.07) is 0. The summed E-state index contributed by atoms with van der Waals surface area (Å²) in [6.45, 7) is 6.41. The Morgan fingerprint density at radius 2 is 1.14 bits per heavy atom. The highest BCUT2D eigenvalue weighted by Gasteiger charge is 2.05. The van der Waals surface area contributed by atoms with Gasteiger partial charge in [0.05, 0.1) is 12.7 Å². The molecule has 0 radical (unpaired) electrons. The number of carbonyl (C=O) groups excluding carboxylic acids is 1. The van der Waals surface area contributed by atoms with E-state index in [1.165, 1.54) is 70.6 Å². The smallest absolute Gasteiger partial charge is 0.434 e. The van der Waals surface area contributed by atoms with Crippen LogP contribution in [0.25, 0.3) is 0 Å². The monoisotopic (exact) mass is 314 g/mol. The van der Waals surface area contributed by atoms with Crippen LogP contribution in [0.1, 0.15) is 104 Å². The van der Waals surface area contributed by atoms with Gasteiger partial charge in [0.15, 0.2) is 0 Å². The second-order valence-corrected chi connectivity index (χ2v) is 6.51. The number of rotatable bonds is 15. The largest absolute Gasteiger partial charge is 0.508 e. The van der Waals surface area contributed by atoms with E-state index in [-0.39, 0.29) is 6.10 Å². The van der Waals surface area contributed by atoms with Crippen molar-refractivity contribution in [3.8, 4) is 0 Å². The second kappa shape index (κ2) is 16.6. The third-order valence-corrected chi connectivity index (χ3v) is 3.80. The number of hydrogen-bond acceptors (Lipinski definition) is 3. The lowest BCUT2D eigenvalue weighted by molar-refractivity contribution is 0.0336. The molecule has 3 nitrogen and oxygen atoms in total. The van der Waals surface area contributed by atoms with Gasteiger partial charge in [0.1, 0.15) is 0 Å². The zero-order valence-corrected chi connectivity index (χ0v) is 15.2. The van der Waals surface area contributed by atoms with Gasteiger partial charge in [-0.3, -0.25) is 0 Å². The molecule has 132 valence electrons. The molecular weight excluding hydrogens is 276 g/mol. The van der Waals surface area contributed by atoms with Gasteiger partial charge in [0.2, 0.25) is 0 Å². The zero-order valence-electron chi connectivity index (χ0n) is 15.2. The molecule has 0 aromatic heterocycles. The van der Waals surface area contributed by atoms with Crippen molar-refractivity contribution in [2.45, 2.75) is 110 Å². The molecule has 22 heavy (non-hydrogen) atoms. The molecule has 0 saturated carbocycles. The summed E-state index contributed by atoms with van der Waals surface area (Å²) in [5.74, 6) is 0. The average Bonchev–Trinajstić information content (AvgIpc) is 2.47. The summed E-state index contributed by atoms with van der Waals surface area (Å²) in [5, 5.41) is 0. The van der Waals surface area contributed by atoms with E-state index < -0.39 is 6.16 Å². The molecule has 0 aliphatic rings. The lowest BCUT2D eigenvalue weighted by atomic mass is 10.0. The Labute approximate surface area is 138 Å². The summed E-state index contributed by atoms with van der Waals surface area (Å²) in [5.41, 5.74) is 0. The first kappa shape index (κ1) is 21.3. The molecule has 0 amide bonds. The molecule has 0 saturated heterocycles. The SMILES string of the molecule is CCCCCCCCCCCCCCCOC(=O)OC(C)C. The minimum atomic E-state index is -0.533. The van der Waals surface area contributed by atoms with Gasteiger partial charge in [-0.15, -0.1) is 0 Å². The molecule has 0 N–H and O–H groups in total. The van der Waals surface area contributed by atoms with Crippen LogP contribution in [0.2, 0.25) is 0 Å². The predicted octanol–water partition coefficient (Wildman–Crippen LogP) is 6.64. The van der Waals surface area contributed by atoms with Crippen molar-refractivity contribution >= 4 is 6.16 Å². The fourth-order valence-electron chi connectivity index (χ4n) is 2.50. The molecule has 0 bridgehead atoms. The van der Waals surface area contributed by atoms with Crippen molar-refractivity contribution in [3.05, 3.63) is 0 Å². The third kappa shape index (κ3) is 17.3. The van der Waals surface area contributed by atoms with Crippen molar-refractivity contribution in [2.75, 3.05) is 6.61 Å². The molecule has 0 fully saturated rings. The quantitative estimate of drug-likeness (QED) is 0.251. The topological polar surface area (TPSA) is 35.5 Å². The number of ether oxygens (including phenoxy) is 2. The Balaban J connectivity index is 3.07. The minimum absolute atomic E-state index is 0.0980. The first-order chi connectivity index (χ1) is 10.7. The molecule has 0 spiro atoms. The van der Waals surface area contributed by atoms with E-state index in [4.69, 9.17) is 9.47 Å². The van der Waals surface area contributed by atoms with Gasteiger partial charge in [-0.05, 0) is 20.3 Å². The normalized spacial score (nSPS) is 10.9. The fourth-order valence-corrected chi connectivity index (χ4v) is 2.50. The van der Waals surface area contributed by atoms with Crippen LogP contribution in [0.5, 0.6) is 0 Å². The van der Waals surface area contributed by atoms with Crippen molar-refractivity contribution in [2.24, 2.45) is 0 Å². The van der Waals surface area contributed by atoms with Crippen molar-refractivity contribution in [3.63, 3.8) is 0 Å². The Hall–Kier alpha value is -0.730. The zero-order chi connectivity index (χ0) is 16.5. The summed E-state index contributed by atoms with van der Waals surface area (Å²) in [6.07, 6.45) is 16.6. The maximum atomic E-state index is 11.1. The van der Waals surface area contributed by atoms with E-state index in [2.05, 4.69) is 6.92 Å². The third-order valence-electron chi connectivity index (χ3n) is 3.80. The van der Waals surface area contributed by atoms with Crippen LogP contribution in [0.15, 0.2) is 0 Å².